The Bertz CT molecular complexity index is 857. The summed E-state index contributed by atoms with van der Waals surface area (Å²) in [5, 5.41) is 9.80. The van der Waals surface area contributed by atoms with Crippen LogP contribution in [0.5, 0.6) is 0 Å². The fourth-order valence-electron chi connectivity index (χ4n) is 1.98. The van der Waals surface area contributed by atoms with Crippen molar-refractivity contribution in [3.05, 3.63) is 66.3 Å². The molecule has 1 aromatic carbocycles. The lowest BCUT2D eigenvalue weighted by atomic mass is 10.2. The fraction of sp³-hybridized carbons (Fsp3) is 0.348. The van der Waals surface area contributed by atoms with Crippen molar-refractivity contribution in [2.24, 2.45) is 10.3 Å². The second-order valence-corrected chi connectivity index (χ2v) is 7.00. The van der Waals surface area contributed by atoms with E-state index in [1.165, 1.54) is 5.01 Å². The average molecular weight is 444 g/mol. The van der Waals surface area contributed by atoms with E-state index in [1.807, 2.05) is 0 Å². The minimum Gasteiger partial charge on any atom is -0.460 e. The third kappa shape index (κ3) is 10.3. The Morgan fingerprint density at radius 1 is 0.781 bits per heavy atom. The maximum Gasteiger partial charge on any atom is 0.333 e. The Hall–Kier alpha value is -3.75. The Kier molecular flexibility index (Phi) is 11.1. The van der Waals surface area contributed by atoms with Gasteiger partial charge in [-0.25, -0.2) is 14.4 Å². The van der Waals surface area contributed by atoms with E-state index in [1.54, 1.807) is 45.0 Å². The van der Waals surface area contributed by atoms with Gasteiger partial charge in [-0.2, -0.15) is 0 Å². The van der Waals surface area contributed by atoms with E-state index in [0.717, 1.165) is 5.56 Å². The van der Waals surface area contributed by atoms with Crippen molar-refractivity contribution >= 4 is 23.6 Å². The van der Waals surface area contributed by atoms with E-state index >= 15 is 0 Å². The summed E-state index contributed by atoms with van der Waals surface area (Å²) in [6.07, 6.45) is 0. The minimum atomic E-state index is -0.501. The summed E-state index contributed by atoms with van der Waals surface area (Å²) in [5.41, 5.74) is 2.26. The number of rotatable bonds is 13. The number of hydrogen-bond donors (Lipinski definition) is 0. The van der Waals surface area contributed by atoms with Crippen LogP contribution in [0.2, 0.25) is 0 Å². The molecule has 1 rings (SSSR count). The molecule has 0 bridgehead atoms. The van der Waals surface area contributed by atoms with Gasteiger partial charge in [0.15, 0.2) is 0 Å². The van der Waals surface area contributed by atoms with Crippen LogP contribution < -0.4 is 0 Å². The number of carbonyl (C=O) groups excluding carboxylic acids is 3. The van der Waals surface area contributed by atoms with E-state index in [4.69, 9.17) is 14.2 Å². The standard InChI is InChI=1S/C23H29N3O6/c1-16(2)21(27)30-13-11-26(12-14-31-22(28)17(3)4)25-24-20-9-7-19(8-10-20)15-32-23(29)18(5)6/h7-10H,1,3,5,11-15H2,2,4,6H3. The summed E-state index contributed by atoms with van der Waals surface area (Å²) in [4.78, 5) is 34.5. The molecule has 0 fully saturated rings. The summed E-state index contributed by atoms with van der Waals surface area (Å²) in [6.45, 7) is 16.0. The second kappa shape index (κ2) is 13.5. The van der Waals surface area contributed by atoms with Crippen molar-refractivity contribution in [2.45, 2.75) is 27.4 Å². The highest BCUT2D eigenvalue weighted by molar-refractivity contribution is 5.87. The van der Waals surface area contributed by atoms with Gasteiger partial charge in [0.25, 0.3) is 0 Å². The van der Waals surface area contributed by atoms with Crippen molar-refractivity contribution in [1.29, 1.82) is 0 Å². The zero-order valence-electron chi connectivity index (χ0n) is 18.8. The van der Waals surface area contributed by atoms with Crippen LogP contribution in [0.15, 0.2) is 71.1 Å². The minimum absolute atomic E-state index is 0.0617. The number of esters is 3. The zero-order chi connectivity index (χ0) is 24.1. The molecule has 0 aliphatic heterocycles. The summed E-state index contributed by atoms with van der Waals surface area (Å²) in [7, 11) is 0. The second-order valence-electron chi connectivity index (χ2n) is 7.00. The van der Waals surface area contributed by atoms with Crippen molar-refractivity contribution in [3.63, 3.8) is 0 Å². The van der Waals surface area contributed by atoms with Gasteiger partial charge >= 0.3 is 17.9 Å². The molecule has 0 heterocycles. The quantitative estimate of drug-likeness (QED) is 0.150. The van der Waals surface area contributed by atoms with Gasteiger partial charge in [-0.1, -0.05) is 37.1 Å². The molecule has 0 aliphatic carbocycles. The first-order valence-electron chi connectivity index (χ1n) is 9.83. The first-order chi connectivity index (χ1) is 15.1. The van der Waals surface area contributed by atoms with Crippen LogP contribution in [0.4, 0.5) is 5.69 Å². The Morgan fingerprint density at radius 3 is 1.66 bits per heavy atom. The van der Waals surface area contributed by atoms with Gasteiger partial charge < -0.3 is 14.2 Å². The van der Waals surface area contributed by atoms with Gasteiger partial charge in [-0.15, -0.1) is 5.11 Å². The van der Waals surface area contributed by atoms with Crippen molar-refractivity contribution < 1.29 is 28.6 Å². The molecule has 9 heteroatoms. The molecular weight excluding hydrogens is 414 g/mol. The molecule has 0 unspecified atom stereocenters. The first-order valence-corrected chi connectivity index (χ1v) is 9.83. The third-order valence-corrected chi connectivity index (χ3v) is 3.80. The van der Waals surface area contributed by atoms with Crippen LogP contribution in [-0.4, -0.2) is 49.2 Å². The number of benzene rings is 1. The summed E-state index contributed by atoms with van der Waals surface area (Å²) in [6, 6.07) is 6.95. The van der Waals surface area contributed by atoms with Crippen molar-refractivity contribution in [3.8, 4) is 0 Å². The molecule has 0 radical (unpaired) electrons. The van der Waals surface area contributed by atoms with E-state index < -0.39 is 17.9 Å². The van der Waals surface area contributed by atoms with Crippen molar-refractivity contribution in [1.82, 2.24) is 5.01 Å². The summed E-state index contributed by atoms with van der Waals surface area (Å²) >= 11 is 0. The van der Waals surface area contributed by atoms with E-state index in [2.05, 4.69) is 30.1 Å². The molecule has 0 spiro atoms. The number of ether oxygens (including phenoxy) is 3. The van der Waals surface area contributed by atoms with Crippen LogP contribution >= 0.6 is 0 Å². The lowest BCUT2D eigenvalue weighted by Crippen LogP contribution is -2.27. The summed E-state index contributed by atoms with van der Waals surface area (Å²) in [5.74, 6) is -1.46. The lowest BCUT2D eigenvalue weighted by molar-refractivity contribution is -0.141. The third-order valence-electron chi connectivity index (χ3n) is 3.80. The van der Waals surface area contributed by atoms with Gasteiger partial charge in [0, 0.05) is 16.7 Å². The normalized spacial score (nSPS) is 10.3. The predicted octanol–water partition coefficient (Wildman–Crippen LogP) is 3.85. The molecule has 0 aliphatic rings. The van der Waals surface area contributed by atoms with E-state index in [0.29, 0.717) is 22.4 Å². The molecule has 32 heavy (non-hydrogen) atoms. The molecule has 9 nitrogen and oxygen atoms in total. The maximum atomic E-state index is 11.5. The van der Waals surface area contributed by atoms with Gasteiger partial charge in [0.2, 0.25) is 0 Å². The molecule has 172 valence electrons. The molecule has 0 amide bonds. The number of hydrogen-bond acceptors (Lipinski definition) is 8. The Labute approximate surface area is 188 Å². The zero-order valence-corrected chi connectivity index (χ0v) is 18.8. The van der Waals surface area contributed by atoms with Gasteiger partial charge in [0.05, 0.1) is 18.8 Å². The molecule has 0 N–H and O–H groups in total. The van der Waals surface area contributed by atoms with Gasteiger partial charge in [0.1, 0.15) is 19.8 Å². The van der Waals surface area contributed by atoms with Crippen LogP contribution in [0.1, 0.15) is 26.3 Å². The molecular formula is C23H29N3O6. The molecule has 0 saturated carbocycles. The van der Waals surface area contributed by atoms with Gasteiger partial charge in [-0.3, -0.25) is 5.01 Å². The number of nitrogens with zero attached hydrogens (tertiary/aromatic N) is 3. The maximum absolute atomic E-state index is 11.5. The molecule has 0 saturated heterocycles. The van der Waals surface area contributed by atoms with E-state index in [-0.39, 0.29) is 32.9 Å². The highest BCUT2D eigenvalue weighted by Crippen LogP contribution is 2.15. The number of carbonyl (C=O) groups is 3. The van der Waals surface area contributed by atoms with Crippen LogP contribution in [0.25, 0.3) is 0 Å². The largest absolute Gasteiger partial charge is 0.460 e. The van der Waals surface area contributed by atoms with Crippen LogP contribution in [0.3, 0.4) is 0 Å². The smallest absolute Gasteiger partial charge is 0.333 e. The monoisotopic (exact) mass is 443 g/mol. The fourth-order valence-corrected chi connectivity index (χ4v) is 1.98. The molecule has 0 atom stereocenters. The molecule has 0 aromatic heterocycles. The van der Waals surface area contributed by atoms with Crippen LogP contribution in [-0.2, 0) is 35.2 Å². The predicted molar refractivity (Wildman–Crippen MR) is 119 cm³/mol. The summed E-state index contributed by atoms with van der Waals surface area (Å²) < 4.78 is 15.3. The topological polar surface area (TPSA) is 107 Å². The lowest BCUT2D eigenvalue weighted by Gasteiger charge is -2.17. The molecule has 1 aromatic rings. The van der Waals surface area contributed by atoms with E-state index in [9.17, 15) is 14.4 Å². The van der Waals surface area contributed by atoms with Gasteiger partial charge in [-0.05, 0) is 38.5 Å². The van der Waals surface area contributed by atoms with Crippen molar-refractivity contribution in [2.75, 3.05) is 26.3 Å². The first kappa shape index (κ1) is 26.3. The van der Waals surface area contributed by atoms with Crippen LogP contribution in [0, 0.1) is 0 Å². The highest BCUT2D eigenvalue weighted by Gasteiger charge is 2.09. The SMILES string of the molecule is C=C(C)C(=O)OCCN(CCOC(=O)C(=C)C)N=Nc1ccc(COC(=O)C(=C)C)cc1. The Balaban J connectivity index is 2.69. The average Bonchev–Trinajstić information content (AvgIpc) is 2.75. The highest BCUT2D eigenvalue weighted by atomic mass is 16.5. The Morgan fingerprint density at radius 2 is 1.22 bits per heavy atom.